The van der Waals surface area contributed by atoms with E-state index >= 15 is 0 Å². The van der Waals surface area contributed by atoms with Crippen molar-refractivity contribution >= 4 is 11.8 Å². The predicted molar refractivity (Wildman–Crippen MR) is 58.1 cm³/mol. The summed E-state index contributed by atoms with van der Waals surface area (Å²) in [5.41, 5.74) is 8.12. The molecular weight excluding hydrogens is 224 g/mol. The summed E-state index contributed by atoms with van der Waals surface area (Å²) in [7, 11) is 0. The van der Waals surface area contributed by atoms with Crippen LogP contribution in [0.25, 0.3) is 0 Å². The fraction of sp³-hybridized carbons (Fsp3) is 0.273. The van der Waals surface area contributed by atoms with Gasteiger partial charge in [0.25, 0.3) is 5.91 Å². The van der Waals surface area contributed by atoms with Gasteiger partial charge in [0.15, 0.2) is 0 Å². The molecule has 0 bridgehead atoms. The third-order valence-electron chi connectivity index (χ3n) is 2.27. The van der Waals surface area contributed by atoms with Crippen LogP contribution < -0.4 is 11.2 Å². The zero-order valence-electron chi connectivity index (χ0n) is 9.01. The third kappa shape index (κ3) is 3.27. The molecule has 0 aromatic heterocycles. The second-order valence-electron chi connectivity index (χ2n) is 3.64. The SMILES string of the molecule is NC(=O)c1ccc(C(=O)NOCC2CO2)cc1. The molecule has 0 radical (unpaired) electrons. The largest absolute Gasteiger partial charge is 0.371 e. The van der Waals surface area contributed by atoms with Gasteiger partial charge in [-0.25, -0.2) is 5.48 Å². The van der Waals surface area contributed by atoms with Gasteiger partial charge in [-0.05, 0) is 24.3 Å². The maximum absolute atomic E-state index is 11.5. The van der Waals surface area contributed by atoms with Gasteiger partial charge in [-0.15, -0.1) is 0 Å². The van der Waals surface area contributed by atoms with E-state index < -0.39 is 5.91 Å². The molecule has 2 amide bonds. The first kappa shape index (κ1) is 11.6. The van der Waals surface area contributed by atoms with Crippen molar-refractivity contribution in [2.75, 3.05) is 13.2 Å². The maximum atomic E-state index is 11.5. The Hall–Kier alpha value is -1.92. The topological polar surface area (TPSA) is 94.0 Å². The van der Waals surface area contributed by atoms with E-state index in [1.54, 1.807) is 0 Å². The molecule has 1 aliphatic rings. The molecule has 3 N–H and O–H groups in total. The molecule has 6 nitrogen and oxygen atoms in total. The molecule has 1 atom stereocenters. The van der Waals surface area contributed by atoms with E-state index in [-0.39, 0.29) is 12.0 Å². The van der Waals surface area contributed by atoms with Crippen molar-refractivity contribution in [3.05, 3.63) is 35.4 Å². The first-order valence-electron chi connectivity index (χ1n) is 5.10. The molecular formula is C11H12N2O4. The smallest absolute Gasteiger partial charge is 0.274 e. The van der Waals surface area contributed by atoms with Gasteiger partial charge in [-0.3, -0.25) is 14.4 Å². The van der Waals surface area contributed by atoms with E-state index in [1.165, 1.54) is 24.3 Å². The van der Waals surface area contributed by atoms with Gasteiger partial charge in [-0.1, -0.05) is 0 Å². The number of rotatable bonds is 5. The Balaban J connectivity index is 1.86. The van der Waals surface area contributed by atoms with E-state index in [0.717, 1.165) is 0 Å². The average Bonchev–Trinajstić information content (AvgIpc) is 3.13. The van der Waals surface area contributed by atoms with Crippen molar-refractivity contribution in [2.24, 2.45) is 5.73 Å². The summed E-state index contributed by atoms with van der Waals surface area (Å²) in [6.45, 7) is 1.01. The number of amides is 2. The second kappa shape index (κ2) is 4.94. The van der Waals surface area contributed by atoms with Crippen LogP contribution in [0.2, 0.25) is 0 Å². The van der Waals surface area contributed by atoms with Gasteiger partial charge < -0.3 is 10.5 Å². The van der Waals surface area contributed by atoms with Crippen LogP contribution in [0.5, 0.6) is 0 Å². The molecule has 0 saturated carbocycles. The number of benzene rings is 1. The molecule has 6 heteroatoms. The fourth-order valence-electron chi connectivity index (χ4n) is 1.21. The molecule has 1 aromatic rings. The number of hydrogen-bond donors (Lipinski definition) is 2. The fourth-order valence-corrected chi connectivity index (χ4v) is 1.21. The average molecular weight is 236 g/mol. The molecule has 1 aliphatic heterocycles. The van der Waals surface area contributed by atoms with Crippen molar-refractivity contribution in [3.63, 3.8) is 0 Å². The molecule has 1 fully saturated rings. The second-order valence-corrected chi connectivity index (χ2v) is 3.64. The van der Waals surface area contributed by atoms with E-state index in [2.05, 4.69) is 5.48 Å². The summed E-state index contributed by atoms with van der Waals surface area (Å²) >= 11 is 0. The quantitative estimate of drug-likeness (QED) is 0.549. The highest BCUT2D eigenvalue weighted by Gasteiger charge is 2.23. The highest BCUT2D eigenvalue weighted by atomic mass is 16.7. The molecule has 1 saturated heterocycles. The lowest BCUT2D eigenvalue weighted by molar-refractivity contribution is 0.0254. The minimum atomic E-state index is -0.529. The van der Waals surface area contributed by atoms with E-state index in [0.29, 0.717) is 24.3 Å². The number of hydroxylamine groups is 1. The number of carbonyl (C=O) groups is 2. The Bertz CT molecular complexity index is 426. The van der Waals surface area contributed by atoms with Crippen LogP contribution in [-0.4, -0.2) is 31.1 Å². The molecule has 2 rings (SSSR count). The number of nitrogens with one attached hydrogen (secondary N) is 1. The van der Waals surface area contributed by atoms with Crippen molar-refractivity contribution in [1.29, 1.82) is 0 Å². The molecule has 0 aliphatic carbocycles. The monoisotopic (exact) mass is 236 g/mol. The summed E-state index contributed by atoms with van der Waals surface area (Å²) in [5, 5.41) is 0. The predicted octanol–water partition coefficient (Wildman–Crippen LogP) is -0.154. The van der Waals surface area contributed by atoms with Crippen molar-refractivity contribution in [3.8, 4) is 0 Å². The Morgan fingerprint density at radius 1 is 1.35 bits per heavy atom. The lowest BCUT2D eigenvalue weighted by Crippen LogP contribution is -2.25. The van der Waals surface area contributed by atoms with Crippen LogP contribution >= 0.6 is 0 Å². The van der Waals surface area contributed by atoms with Crippen molar-refractivity contribution < 1.29 is 19.2 Å². The number of epoxide rings is 1. The summed E-state index contributed by atoms with van der Waals surface area (Å²) in [4.78, 5) is 27.3. The standard InChI is InChI=1S/C11H12N2O4/c12-10(14)7-1-3-8(4-2-7)11(15)13-17-6-9-5-16-9/h1-4,9H,5-6H2,(H2,12,14)(H,13,15). The molecule has 1 unspecified atom stereocenters. The first-order chi connectivity index (χ1) is 8.16. The zero-order valence-corrected chi connectivity index (χ0v) is 9.01. The first-order valence-corrected chi connectivity index (χ1v) is 5.10. The third-order valence-corrected chi connectivity index (χ3v) is 2.27. The van der Waals surface area contributed by atoms with Gasteiger partial charge in [0.1, 0.15) is 12.7 Å². The minimum Gasteiger partial charge on any atom is -0.371 e. The van der Waals surface area contributed by atoms with Crippen LogP contribution in [0, 0.1) is 0 Å². The highest BCUT2D eigenvalue weighted by Crippen LogP contribution is 2.08. The lowest BCUT2D eigenvalue weighted by Gasteiger charge is -2.04. The Morgan fingerprint density at radius 2 is 1.94 bits per heavy atom. The van der Waals surface area contributed by atoms with Gasteiger partial charge in [0, 0.05) is 11.1 Å². The Morgan fingerprint density at radius 3 is 2.47 bits per heavy atom. The van der Waals surface area contributed by atoms with E-state index in [4.69, 9.17) is 15.3 Å². The minimum absolute atomic E-state index is 0.0903. The van der Waals surface area contributed by atoms with Gasteiger partial charge in [-0.2, -0.15) is 0 Å². The zero-order chi connectivity index (χ0) is 12.3. The number of primary amides is 1. The van der Waals surface area contributed by atoms with Gasteiger partial charge in [0.2, 0.25) is 5.91 Å². The Labute approximate surface area is 97.6 Å². The van der Waals surface area contributed by atoms with Crippen molar-refractivity contribution in [1.82, 2.24) is 5.48 Å². The van der Waals surface area contributed by atoms with E-state index in [9.17, 15) is 9.59 Å². The lowest BCUT2D eigenvalue weighted by atomic mass is 10.1. The number of ether oxygens (including phenoxy) is 1. The summed E-state index contributed by atoms with van der Waals surface area (Å²) in [5.74, 6) is -0.902. The normalized spacial score (nSPS) is 17.5. The molecule has 0 spiro atoms. The number of hydrogen-bond acceptors (Lipinski definition) is 4. The van der Waals surface area contributed by atoms with Gasteiger partial charge in [0.05, 0.1) is 6.61 Å². The Kier molecular flexibility index (Phi) is 3.36. The molecule has 90 valence electrons. The van der Waals surface area contributed by atoms with Crippen LogP contribution in [-0.2, 0) is 9.57 Å². The van der Waals surface area contributed by atoms with Crippen LogP contribution in [0.1, 0.15) is 20.7 Å². The van der Waals surface area contributed by atoms with Crippen LogP contribution in [0.15, 0.2) is 24.3 Å². The van der Waals surface area contributed by atoms with Gasteiger partial charge >= 0.3 is 0 Å². The highest BCUT2D eigenvalue weighted by molar-refractivity contribution is 5.96. The van der Waals surface area contributed by atoms with E-state index in [1.807, 2.05) is 0 Å². The number of nitrogens with two attached hydrogens (primary N) is 1. The summed E-state index contributed by atoms with van der Waals surface area (Å²) in [6, 6.07) is 5.99. The van der Waals surface area contributed by atoms with Crippen LogP contribution in [0.4, 0.5) is 0 Å². The summed E-state index contributed by atoms with van der Waals surface area (Å²) < 4.78 is 4.91. The number of carbonyl (C=O) groups excluding carboxylic acids is 2. The summed E-state index contributed by atoms with van der Waals surface area (Å²) in [6.07, 6.45) is 0.0903. The maximum Gasteiger partial charge on any atom is 0.274 e. The van der Waals surface area contributed by atoms with Crippen molar-refractivity contribution in [2.45, 2.75) is 6.10 Å². The van der Waals surface area contributed by atoms with Crippen LogP contribution in [0.3, 0.4) is 0 Å². The molecule has 1 aromatic carbocycles. The molecule has 17 heavy (non-hydrogen) atoms. The molecule has 1 heterocycles.